The SMILES string of the molecule is c1ccc2c(c1)ccc1cc(-c3cc(-c4ccc(-c5nc(-c6ccc7ccc8ccccc8c7c6)nc(-c6ccc7ccc8ccccc8c7c6)n5)cc4)c4c(c3)oc3ccccc34)ccc12. The Morgan fingerprint density at radius 2 is 0.657 bits per heavy atom. The molecule has 0 aliphatic carbocycles. The fourth-order valence-corrected chi connectivity index (χ4v) is 10.3. The third-order valence-electron chi connectivity index (χ3n) is 13.7. The predicted octanol–water partition coefficient (Wildman–Crippen LogP) is 17.0. The van der Waals surface area contributed by atoms with E-state index in [9.17, 15) is 0 Å². The molecule has 0 fully saturated rings. The summed E-state index contributed by atoms with van der Waals surface area (Å²) in [6.07, 6.45) is 0. The molecule has 14 aromatic rings. The molecular weight excluding hydrogens is 815 g/mol. The molecule has 0 saturated heterocycles. The molecule has 0 aliphatic heterocycles. The van der Waals surface area contributed by atoms with E-state index < -0.39 is 0 Å². The van der Waals surface area contributed by atoms with Crippen LogP contribution in [-0.2, 0) is 0 Å². The van der Waals surface area contributed by atoms with Crippen molar-refractivity contribution in [2.45, 2.75) is 0 Å². The lowest BCUT2D eigenvalue weighted by molar-refractivity contribution is 0.669. The number of hydrogen-bond acceptors (Lipinski definition) is 4. The van der Waals surface area contributed by atoms with Gasteiger partial charge in [0.2, 0.25) is 0 Å². The Bertz CT molecular complexity index is 4200. The number of fused-ring (bicyclic) bond motifs is 12. The Morgan fingerprint density at radius 3 is 1.25 bits per heavy atom. The first kappa shape index (κ1) is 37.4. The van der Waals surface area contributed by atoms with Crippen LogP contribution in [0.15, 0.2) is 229 Å². The zero-order valence-corrected chi connectivity index (χ0v) is 36.1. The zero-order valence-electron chi connectivity index (χ0n) is 36.1. The summed E-state index contributed by atoms with van der Waals surface area (Å²) in [5, 5.41) is 16.6. The summed E-state index contributed by atoms with van der Waals surface area (Å²) in [5.41, 5.74) is 8.90. The molecule has 0 atom stereocenters. The molecule has 0 N–H and O–H groups in total. The van der Waals surface area contributed by atoms with Gasteiger partial charge in [-0.25, -0.2) is 15.0 Å². The molecule has 4 nitrogen and oxygen atoms in total. The second-order valence-electron chi connectivity index (χ2n) is 17.5. The van der Waals surface area contributed by atoms with Gasteiger partial charge >= 0.3 is 0 Å². The van der Waals surface area contributed by atoms with Crippen molar-refractivity contribution < 1.29 is 4.42 Å². The lowest BCUT2D eigenvalue weighted by Crippen LogP contribution is -2.00. The van der Waals surface area contributed by atoms with Crippen molar-refractivity contribution in [2.24, 2.45) is 0 Å². The minimum absolute atomic E-state index is 0.610. The van der Waals surface area contributed by atoms with Crippen molar-refractivity contribution in [1.82, 2.24) is 15.0 Å². The number of furan rings is 1. The average Bonchev–Trinajstić information content (AvgIpc) is 3.78. The third-order valence-corrected chi connectivity index (χ3v) is 13.7. The van der Waals surface area contributed by atoms with Gasteiger partial charge in [-0.15, -0.1) is 0 Å². The van der Waals surface area contributed by atoms with E-state index >= 15 is 0 Å². The molecule has 67 heavy (non-hydrogen) atoms. The fourth-order valence-electron chi connectivity index (χ4n) is 10.3. The Balaban J connectivity index is 0.926. The maximum atomic E-state index is 6.60. The van der Waals surface area contributed by atoms with Gasteiger partial charge in [-0.05, 0) is 123 Å². The molecule has 0 unspecified atom stereocenters. The fraction of sp³-hybridized carbons (Fsp3) is 0. The highest BCUT2D eigenvalue weighted by Gasteiger charge is 2.18. The second-order valence-corrected chi connectivity index (χ2v) is 17.5. The summed E-state index contributed by atoms with van der Waals surface area (Å²) >= 11 is 0. The third kappa shape index (κ3) is 6.19. The number of benzene rings is 12. The first-order valence-electron chi connectivity index (χ1n) is 22.7. The van der Waals surface area contributed by atoms with Gasteiger partial charge in [0.25, 0.3) is 0 Å². The Hall–Kier alpha value is -8.99. The van der Waals surface area contributed by atoms with E-state index in [4.69, 9.17) is 19.4 Å². The predicted molar refractivity (Wildman–Crippen MR) is 279 cm³/mol. The molecular formula is C63H37N3O. The van der Waals surface area contributed by atoms with Crippen molar-refractivity contribution in [1.29, 1.82) is 0 Å². The van der Waals surface area contributed by atoms with Crippen LogP contribution < -0.4 is 0 Å². The normalized spacial score (nSPS) is 11.9. The summed E-state index contributed by atoms with van der Waals surface area (Å²) in [7, 11) is 0. The highest BCUT2D eigenvalue weighted by Crippen LogP contribution is 2.42. The first-order valence-corrected chi connectivity index (χ1v) is 22.7. The highest BCUT2D eigenvalue weighted by molar-refractivity contribution is 6.15. The quantitative estimate of drug-likeness (QED) is 0.162. The molecule has 0 radical (unpaired) electrons. The van der Waals surface area contributed by atoms with Crippen molar-refractivity contribution in [3.63, 3.8) is 0 Å². The Morgan fingerprint density at radius 1 is 0.239 bits per heavy atom. The van der Waals surface area contributed by atoms with Crippen LogP contribution in [0.25, 0.3) is 143 Å². The van der Waals surface area contributed by atoms with Gasteiger partial charge in [-0.3, -0.25) is 0 Å². The van der Waals surface area contributed by atoms with Gasteiger partial charge in [0, 0.05) is 27.5 Å². The molecule has 2 aromatic heterocycles. The van der Waals surface area contributed by atoms with E-state index in [1.807, 2.05) is 6.07 Å². The largest absolute Gasteiger partial charge is 0.456 e. The molecule has 14 rings (SSSR count). The van der Waals surface area contributed by atoms with Crippen LogP contribution in [-0.4, -0.2) is 15.0 Å². The molecule has 310 valence electrons. The van der Waals surface area contributed by atoms with E-state index in [2.05, 4.69) is 218 Å². The Kier molecular flexibility index (Phi) is 8.25. The molecule has 4 heteroatoms. The number of para-hydroxylation sites is 1. The highest BCUT2D eigenvalue weighted by atomic mass is 16.3. The van der Waals surface area contributed by atoms with E-state index in [1.165, 1.54) is 53.9 Å². The first-order chi connectivity index (χ1) is 33.1. The van der Waals surface area contributed by atoms with Crippen molar-refractivity contribution in [3.05, 3.63) is 224 Å². The molecule has 0 saturated carbocycles. The van der Waals surface area contributed by atoms with Gasteiger partial charge in [0.05, 0.1) is 0 Å². The van der Waals surface area contributed by atoms with Crippen LogP contribution in [0, 0.1) is 0 Å². The van der Waals surface area contributed by atoms with Gasteiger partial charge in [-0.2, -0.15) is 0 Å². The van der Waals surface area contributed by atoms with Crippen LogP contribution >= 0.6 is 0 Å². The molecule has 0 aliphatic rings. The maximum Gasteiger partial charge on any atom is 0.164 e. The van der Waals surface area contributed by atoms with Crippen LogP contribution in [0.5, 0.6) is 0 Å². The molecule has 0 bridgehead atoms. The number of hydrogen-bond donors (Lipinski definition) is 0. The number of rotatable bonds is 5. The monoisotopic (exact) mass is 851 g/mol. The smallest absolute Gasteiger partial charge is 0.164 e. The van der Waals surface area contributed by atoms with Gasteiger partial charge in [0.15, 0.2) is 17.5 Å². The minimum atomic E-state index is 0.610. The van der Waals surface area contributed by atoms with Crippen molar-refractivity contribution in [2.75, 3.05) is 0 Å². The van der Waals surface area contributed by atoms with Crippen LogP contribution in [0.1, 0.15) is 0 Å². The molecule has 0 amide bonds. The summed E-state index contributed by atoms with van der Waals surface area (Å²) in [6, 6.07) is 80.1. The molecule has 0 spiro atoms. The van der Waals surface area contributed by atoms with Crippen LogP contribution in [0.3, 0.4) is 0 Å². The van der Waals surface area contributed by atoms with E-state index in [-0.39, 0.29) is 0 Å². The van der Waals surface area contributed by atoms with Gasteiger partial charge in [-0.1, -0.05) is 188 Å². The van der Waals surface area contributed by atoms with Gasteiger partial charge < -0.3 is 4.42 Å². The van der Waals surface area contributed by atoms with Crippen LogP contribution in [0.2, 0.25) is 0 Å². The van der Waals surface area contributed by atoms with E-state index in [1.54, 1.807) is 0 Å². The summed E-state index contributed by atoms with van der Waals surface area (Å²) < 4.78 is 6.60. The van der Waals surface area contributed by atoms with Gasteiger partial charge in [0.1, 0.15) is 11.2 Å². The van der Waals surface area contributed by atoms with Crippen molar-refractivity contribution in [3.8, 4) is 56.4 Å². The maximum absolute atomic E-state index is 6.60. The summed E-state index contributed by atoms with van der Waals surface area (Å²) in [4.78, 5) is 15.7. The second kappa shape index (κ2) is 14.8. The number of aromatic nitrogens is 3. The topological polar surface area (TPSA) is 51.8 Å². The Labute approximate surface area is 385 Å². The van der Waals surface area contributed by atoms with Crippen LogP contribution in [0.4, 0.5) is 0 Å². The standard InChI is InChI=1S/C63H37N3O/c1-4-12-50-38(9-1)23-28-46-33-45(31-32-53(46)50)49-36-57(60-54-15-7-8-16-58(54)67-59(60)37-49)43-21-26-44(27-22-43)61-64-62(47-29-24-41-19-17-39-10-2-5-13-51(39)55(41)34-47)66-63(65-61)48-30-25-42-20-18-40-11-3-6-14-52(40)56(42)35-48/h1-37H. The lowest BCUT2D eigenvalue weighted by Gasteiger charge is -2.12. The number of nitrogens with zero attached hydrogens (tertiary/aromatic N) is 3. The minimum Gasteiger partial charge on any atom is -0.456 e. The lowest BCUT2D eigenvalue weighted by atomic mass is 9.92. The average molecular weight is 852 g/mol. The molecule has 12 aromatic carbocycles. The summed E-state index contributed by atoms with van der Waals surface area (Å²) in [5.74, 6) is 1.86. The molecule has 2 heterocycles. The van der Waals surface area contributed by atoms with Crippen molar-refractivity contribution >= 4 is 86.6 Å². The van der Waals surface area contributed by atoms with E-state index in [0.29, 0.717) is 17.5 Å². The summed E-state index contributed by atoms with van der Waals surface area (Å²) in [6.45, 7) is 0. The zero-order chi connectivity index (χ0) is 44.0. The van der Waals surface area contributed by atoms with E-state index in [0.717, 1.165) is 71.7 Å².